The first-order chi connectivity index (χ1) is 12.0. The summed E-state index contributed by atoms with van der Waals surface area (Å²) in [5.41, 5.74) is 0. The molecule has 1 N–H and O–H groups in total. The van der Waals surface area contributed by atoms with Gasteiger partial charge in [-0.1, -0.05) is 0 Å². The van der Waals surface area contributed by atoms with Gasteiger partial charge in [0.2, 0.25) is 11.9 Å². The standard InChI is InChI=1S/C17H25N7O/c1-13-11-24(10-9-23(13)12-15-18-7-8-22(15)3)14(2)16(25)21-17-19-5-4-6-20-17/h4-8,13-14H,9-12H2,1-3H3,(H,19,20,21,25)/t13-,14-/m1/s1. The molecule has 3 rings (SSSR count). The highest BCUT2D eigenvalue weighted by atomic mass is 16.2. The molecule has 3 heterocycles. The number of hydrogen-bond donors (Lipinski definition) is 1. The predicted molar refractivity (Wildman–Crippen MR) is 94.8 cm³/mol. The van der Waals surface area contributed by atoms with Gasteiger partial charge in [0.15, 0.2) is 0 Å². The van der Waals surface area contributed by atoms with Gasteiger partial charge in [-0.15, -0.1) is 0 Å². The number of rotatable bonds is 5. The average Bonchev–Trinajstić information content (AvgIpc) is 3.01. The van der Waals surface area contributed by atoms with Crippen LogP contribution in [-0.4, -0.2) is 66.9 Å². The highest BCUT2D eigenvalue weighted by molar-refractivity contribution is 5.93. The van der Waals surface area contributed by atoms with Crippen LogP contribution in [-0.2, 0) is 18.4 Å². The van der Waals surface area contributed by atoms with Crippen molar-refractivity contribution >= 4 is 11.9 Å². The van der Waals surface area contributed by atoms with Gasteiger partial charge in [-0.2, -0.15) is 0 Å². The highest BCUT2D eigenvalue weighted by Crippen LogP contribution is 2.15. The fraction of sp³-hybridized carbons (Fsp3) is 0.529. The summed E-state index contributed by atoms with van der Waals surface area (Å²) in [6, 6.07) is 1.86. The Kier molecular flexibility index (Phi) is 5.40. The van der Waals surface area contributed by atoms with Crippen molar-refractivity contribution in [2.24, 2.45) is 7.05 Å². The molecule has 25 heavy (non-hydrogen) atoms. The quantitative estimate of drug-likeness (QED) is 0.863. The number of nitrogens with zero attached hydrogens (tertiary/aromatic N) is 6. The summed E-state index contributed by atoms with van der Waals surface area (Å²) in [5, 5.41) is 2.78. The van der Waals surface area contributed by atoms with Crippen LogP contribution in [0.4, 0.5) is 5.95 Å². The maximum absolute atomic E-state index is 12.4. The van der Waals surface area contributed by atoms with Crippen molar-refractivity contribution in [1.82, 2.24) is 29.3 Å². The fourth-order valence-corrected chi connectivity index (χ4v) is 3.08. The first-order valence-electron chi connectivity index (χ1n) is 8.57. The van der Waals surface area contributed by atoms with Gasteiger partial charge in [0.25, 0.3) is 0 Å². The second-order valence-electron chi connectivity index (χ2n) is 6.51. The van der Waals surface area contributed by atoms with Gasteiger partial charge >= 0.3 is 0 Å². The Balaban J connectivity index is 1.54. The van der Waals surface area contributed by atoms with Gasteiger partial charge in [-0.3, -0.25) is 19.9 Å². The van der Waals surface area contributed by atoms with Crippen LogP contribution < -0.4 is 5.32 Å². The summed E-state index contributed by atoms with van der Waals surface area (Å²) in [5.74, 6) is 1.34. The third kappa shape index (κ3) is 4.21. The van der Waals surface area contributed by atoms with E-state index in [1.807, 2.05) is 26.4 Å². The van der Waals surface area contributed by atoms with Gasteiger partial charge < -0.3 is 4.57 Å². The van der Waals surface area contributed by atoms with Crippen LogP contribution in [0.1, 0.15) is 19.7 Å². The maximum Gasteiger partial charge on any atom is 0.243 e. The molecule has 8 nitrogen and oxygen atoms in total. The monoisotopic (exact) mass is 343 g/mol. The van der Waals surface area contributed by atoms with E-state index in [9.17, 15) is 4.79 Å². The third-order valence-corrected chi connectivity index (χ3v) is 4.79. The van der Waals surface area contributed by atoms with Crippen molar-refractivity contribution in [3.05, 3.63) is 36.7 Å². The minimum atomic E-state index is -0.221. The lowest BCUT2D eigenvalue weighted by atomic mass is 10.1. The van der Waals surface area contributed by atoms with E-state index in [0.29, 0.717) is 12.0 Å². The molecule has 1 aliphatic heterocycles. The molecule has 0 spiro atoms. The molecule has 0 unspecified atom stereocenters. The first-order valence-corrected chi connectivity index (χ1v) is 8.57. The highest BCUT2D eigenvalue weighted by Gasteiger charge is 2.30. The van der Waals surface area contributed by atoms with Gasteiger partial charge in [-0.25, -0.2) is 15.0 Å². The number of imidazole rings is 1. The zero-order valence-electron chi connectivity index (χ0n) is 15.0. The van der Waals surface area contributed by atoms with Crippen LogP contribution >= 0.6 is 0 Å². The molecular formula is C17H25N7O. The van der Waals surface area contributed by atoms with Gasteiger partial charge in [-0.05, 0) is 19.9 Å². The number of nitrogens with one attached hydrogen (secondary N) is 1. The van der Waals surface area contributed by atoms with Crippen LogP contribution in [0.5, 0.6) is 0 Å². The van der Waals surface area contributed by atoms with Crippen LogP contribution in [0.3, 0.4) is 0 Å². The number of piperazine rings is 1. The van der Waals surface area contributed by atoms with E-state index in [2.05, 4.69) is 41.6 Å². The Morgan fingerprint density at radius 1 is 1.28 bits per heavy atom. The number of hydrogen-bond acceptors (Lipinski definition) is 6. The van der Waals surface area contributed by atoms with E-state index in [-0.39, 0.29) is 11.9 Å². The fourth-order valence-electron chi connectivity index (χ4n) is 3.08. The summed E-state index contributed by atoms with van der Waals surface area (Å²) in [6.07, 6.45) is 7.03. The smallest absolute Gasteiger partial charge is 0.243 e. The average molecular weight is 343 g/mol. The zero-order chi connectivity index (χ0) is 17.8. The Bertz CT molecular complexity index is 702. The Morgan fingerprint density at radius 3 is 2.68 bits per heavy atom. The van der Waals surface area contributed by atoms with E-state index in [0.717, 1.165) is 32.0 Å². The molecule has 0 bridgehead atoms. The lowest BCUT2D eigenvalue weighted by Crippen LogP contribution is -2.56. The molecule has 2 atom stereocenters. The first kappa shape index (κ1) is 17.5. The maximum atomic E-state index is 12.4. The zero-order valence-corrected chi connectivity index (χ0v) is 15.0. The Hall–Kier alpha value is -2.32. The minimum Gasteiger partial charge on any atom is -0.337 e. The summed E-state index contributed by atoms with van der Waals surface area (Å²) in [6.45, 7) is 7.55. The third-order valence-electron chi connectivity index (χ3n) is 4.79. The normalized spacial score (nSPS) is 20.4. The number of aryl methyl sites for hydroxylation is 1. The predicted octanol–water partition coefficient (Wildman–Crippen LogP) is 0.743. The largest absolute Gasteiger partial charge is 0.337 e. The summed E-state index contributed by atoms with van der Waals surface area (Å²) in [4.78, 5) is 29.5. The second-order valence-corrected chi connectivity index (χ2v) is 6.51. The molecule has 1 saturated heterocycles. The Morgan fingerprint density at radius 2 is 2.04 bits per heavy atom. The molecular weight excluding hydrogens is 318 g/mol. The summed E-state index contributed by atoms with van der Waals surface area (Å²) < 4.78 is 2.05. The van der Waals surface area contributed by atoms with Gasteiger partial charge in [0.1, 0.15) is 5.82 Å². The van der Waals surface area contributed by atoms with Crippen LogP contribution in [0.15, 0.2) is 30.9 Å². The van der Waals surface area contributed by atoms with Crippen molar-refractivity contribution in [2.45, 2.75) is 32.5 Å². The van der Waals surface area contributed by atoms with E-state index in [1.165, 1.54) is 0 Å². The van der Waals surface area contributed by atoms with E-state index >= 15 is 0 Å². The van der Waals surface area contributed by atoms with Crippen molar-refractivity contribution in [1.29, 1.82) is 0 Å². The summed E-state index contributed by atoms with van der Waals surface area (Å²) >= 11 is 0. The Labute approximate surface area is 147 Å². The molecule has 134 valence electrons. The molecule has 1 amide bonds. The van der Waals surface area contributed by atoms with Crippen molar-refractivity contribution in [3.8, 4) is 0 Å². The number of anilines is 1. The van der Waals surface area contributed by atoms with Crippen molar-refractivity contribution in [2.75, 3.05) is 25.0 Å². The second kappa shape index (κ2) is 7.71. The topological polar surface area (TPSA) is 79.2 Å². The number of carbonyl (C=O) groups excluding carboxylic acids is 1. The molecule has 8 heteroatoms. The molecule has 1 aliphatic rings. The SMILES string of the molecule is C[C@@H]1CN([C@H](C)C(=O)Nc2ncccn2)CCN1Cc1nccn1C. The van der Waals surface area contributed by atoms with Crippen molar-refractivity contribution < 1.29 is 4.79 Å². The van der Waals surface area contributed by atoms with Gasteiger partial charge in [0, 0.05) is 57.5 Å². The van der Waals surface area contributed by atoms with Crippen molar-refractivity contribution in [3.63, 3.8) is 0 Å². The number of aromatic nitrogens is 4. The van der Waals surface area contributed by atoms with Crippen LogP contribution in [0.2, 0.25) is 0 Å². The summed E-state index contributed by atoms with van der Waals surface area (Å²) in [7, 11) is 2.02. The molecule has 0 saturated carbocycles. The molecule has 0 aliphatic carbocycles. The van der Waals surface area contributed by atoms with E-state index < -0.39 is 0 Å². The van der Waals surface area contributed by atoms with Crippen LogP contribution in [0, 0.1) is 0 Å². The van der Waals surface area contributed by atoms with Crippen LogP contribution in [0.25, 0.3) is 0 Å². The van der Waals surface area contributed by atoms with E-state index in [1.54, 1.807) is 18.5 Å². The lowest BCUT2D eigenvalue weighted by Gasteiger charge is -2.41. The minimum absolute atomic E-state index is 0.0732. The molecule has 2 aromatic heterocycles. The number of amides is 1. The molecule has 2 aromatic rings. The molecule has 0 radical (unpaired) electrons. The lowest BCUT2D eigenvalue weighted by molar-refractivity contribution is -0.122. The molecule has 1 fully saturated rings. The molecule has 0 aromatic carbocycles. The number of carbonyl (C=O) groups is 1. The van der Waals surface area contributed by atoms with E-state index in [4.69, 9.17) is 0 Å². The van der Waals surface area contributed by atoms with Gasteiger partial charge in [0.05, 0.1) is 12.6 Å².